The molecule has 1 heterocycles. The van der Waals surface area contributed by atoms with E-state index in [4.69, 9.17) is 0 Å². The van der Waals surface area contributed by atoms with Crippen LogP contribution < -0.4 is 0 Å². The predicted octanol–water partition coefficient (Wildman–Crippen LogP) is 4.23. The number of aromatic nitrogens is 2. The molecule has 0 unspecified atom stereocenters. The van der Waals surface area contributed by atoms with Crippen molar-refractivity contribution in [3.63, 3.8) is 0 Å². The van der Waals surface area contributed by atoms with Crippen molar-refractivity contribution < 1.29 is 9.90 Å². The summed E-state index contributed by atoms with van der Waals surface area (Å²) in [4.78, 5) is 11.5. The molecule has 0 aliphatic carbocycles. The van der Waals surface area contributed by atoms with E-state index in [-0.39, 0.29) is 11.6 Å². The highest BCUT2D eigenvalue weighted by Crippen LogP contribution is 2.27. The molecule has 0 saturated heterocycles. The van der Waals surface area contributed by atoms with Crippen LogP contribution in [0.25, 0.3) is 11.3 Å². The van der Waals surface area contributed by atoms with Crippen molar-refractivity contribution in [2.45, 2.75) is 46.6 Å². The number of hydrogen-bond donors (Lipinski definition) is 1. The Morgan fingerprint density at radius 1 is 1.19 bits per heavy atom. The van der Waals surface area contributed by atoms with E-state index in [9.17, 15) is 9.90 Å². The molecule has 4 nitrogen and oxygen atoms in total. The van der Waals surface area contributed by atoms with Gasteiger partial charge in [0, 0.05) is 11.8 Å². The monoisotopic (exact) mass is 286 g/mol. The van der Waals surface area contributed by atoms with E-state index >= 15 is 0 Å². The van der Waals surface area contributed by atoms with E-state index < -0.39 is 5.97 Å². The smallest absolute Gasteiger partial charge is 0.339 e. The first-order valence-corrected chi connectivity index (χ1v) is 7.37. The van der Waals surface area contributed by atoms with Gasteiger partial charge in [-0.05, 0) is 38.8 Å². The molecule has 0 aliphatic rings. The fourth-order valence-corrected chi connectivity index (χ4v) is 2.72. The van der Waals surface area contributed by atoms with Gasteiger partial charge in [0.25, 0.3) is 0 Å². The summed E-state index contributed by atoms with van der Waals surface area (Å²) in [5.74, 6) is -0.929. The Kier molecular flexibility index (Phi) is 4.46. The summed E-state index contributed by atoms with van der Waals surface area (Å²) >= 11 is 0. The van der Waals surface area contributed by atoms with E-state index in [1.165, 1.54) is 0 Å². The van der Waals surface area contributed by atoms with Crippen molar-refractivity contribution in [1.82, 2.24) is 9.78 Å². The first-order chi connectivity index (χ1) is 9.96. The van der Waals surface area contributed by atoms with Crippen LogP contribution in [0.2, 0.25) is 0 Å². The summed E-state index contributed by atoms with van der Waals surface area (Å²) < 4.78 is 1.80. The second-order valence-corrected chi connectivity index (χ2v) is 5.52. The standard InChI is InChI=1S/C17H22N2O2/c1-5-14(6-2)19-10-15(17(20)21)16(18-19)13-8-11(3)7-12(4)9-13/h7-10,14H,5-6H2,1-4H3,(H,20,21). The third-order valence-electron chi connectivity index (χ3n) is 3.77. The van der Waals surface area contributed by atoms with Gasteiger partial charge in [-0.15, -0.1) is 0 Å². The van der Waals surface area contributed by atoms with Gasteiger partial charge in [-0.3, -0.25) is 4.68 Å². The molecule has 0 spiro atoms. The normalized spacial score (nSPS) is 11.1. The summed E-state index contributed by atoms with van der Waals surface area (Å²) in [7, 11) is 0. The SMILES string of the molecule is CCC(CC)n1cc(C(=O)O)c(-c2cc(C)cc(C)c2)n1. The van der Waals surface area contributed by atoms with Crippen LogP contribution in [0.4, 0.5) is 0 Å². The second kappa shape index (κ2) is 6.12. The molecule has 1 aromatic carbocycles. The minimum absolute atomic E-state index is 0.239. The van der Waals surface area contributed by atoms with Gasteiger partial charge in [-0.2, -0.15) is 5.10 Å². The zero-order chi connectivity index (χ0) is 15.6. The molecule has 4 heteroatoms. The molecule has 0 aliphatic heterocycles. The summed E-state index contributed by atoms with van der Waals surface area (Å²) in [6.07, 6.45) is 3.53. The van der Waals surface area contributed by atoms with Gasteiger partial charge in [0.05, 0.1) is 6.04 Å². The first-order valence-electron chi connectivity index (χ1n) is 7.37. The van der Waals surface area contributed by atoms with Crippen molar-refractivity contribution >= 4 is 5.97 Å². The lowest BCUT2D eigenvalue weighted by molar-refractivity contribution is 0.0697. The Labute approximate surface area is 125 Å². The zero-order valence-corrected chi connectivity index (χ0v) is 13.1. The molecule has 0 saturated carbocycles. The number of aryl methyl sites for hydroxylation is 2. The van der Waals surface area contributed by atoms with Crippen LogP contribution >= 0.6 is 0 Å². The average Bonchev–Trinajstić information content (AvgIpc) is 2.84. The fraction of sp³-hybridized carbons (Fsp3) is 0.412. The first kappa shape index (κ1) is 15.3. The third-order valence-corrected chi connectivity index (χ3v) is 3.77. The molecular formula is C17H22N2O2. The Morgan fingerprint density at radius 2 is 1.76 bits per heavy atom. The van der Waals surface area contributed by atoms with Gasteiger partial charge in [0.2, 0.25) is 0 Å². The van der Waals surface area contributed by atoms with Crippen LogP contribution in [-0.4, -0.2) is 20.9 Å². The lowest BCUT2D eigenvalue weighted by Crippen LogP contribution is -2.07. The Bertz CT molecular complexity index is 635. The lowest BCUT2D eigenvalue weighted by atomic mass is 10.0. The minimum Gasteiger partial charge on any atom is -0.478 e. The van der Waals surface area contributed by atoms with Crippen LogP contribution in [0.1, 0.15) is 54.2 Å². The zero-order valence-electron chi connectivity index (χ0n) is 13.1. The number of aromatic carboxylic acids is 1. The van der Waals surface area contributed by atoms with Crippen molar-refractivity contribution in [2.75, 3.05) is 0 Å². The number of hydrogen-bond acceptors (Lipinski definition) is 2. The maximum Gasteiger partial charge on any atom is 0.339 e. The highest BCUT2D eigenvalue weighted by Gasteiger charge is 2.20. The van der Waals surface area contributed by atoms with Crippen LogP contribution in [-0.2, 0) is 0 Å². The number of carbonyl (C=O) groups is 1. The number of nitrogens with zero attached hydrogens (tertiary/aromatic N) is 2. The van der Waals surface area contributed by atoms with Gasteiger partial charge >= 0.3 is 5.97 Å². The number of rotatable bonds is 5. The average molecular weight is 286 g/mol. The molecule has 0 amide bonds. The van der Waals surface area contributed by atoms with Crippen LogP contribution in [0.3, 0.4) is 0 Å². The molecule has 0 atom stereocenters. The number of carboxylic acid groups (broad SMARTS) is 1. The number of carboxylic acids is 1. The van der Waals surface area contributed by atoms with Crippen LogP contribution in [0.15, 0.2) is 24.4 Å². The summed E-state index contributed by atoms with van der Waals surface area (Å²) in [5, 5.41) is 14.0. The molecule has 21 heavy (non-hydrogen) atoms. The maximum absolute atomic E-state index is 11.5. The van der Waals surface area contributed by atoms with Crippen LogP contribution in [0.5, 0.6) is 0 Å². The highest BCUT2D eigenvalue weighted by atomic mass is 16.4. The van der Waals surface area contributed by atoms with Gasteiger partial charge < -0.3 is 5.11 Å². The van der Waals surface area contributed by atoms with Gasteiger partial charge in [-0.1, -0.05) is 31.0 Å². The molecule has 2 rings (SSSR count). The van der Waals surface area contributed by atoms with Crippen molar-refractivity contribution in [1.29, 1.82) is 0 Å². The second-order valence-electron chi connectivity index (χ2n) is 5.52. The molecule has 2 aromatic rings. The Balaban J connectivity index is 2.58. The van der Waals surface area contributed by atoms with Crippen molar-refractivity contribution in [3.05, 3.63) is 41.1 Å². The minimum atomic E-state index is -0.929. The third kappa shape index (κ3) is 3.15. The Hall–Kier alpha value is -2.10. The summed E-state index contributed by atoms with van der Waals surface area (Å²) in [6.45, 7) is 8.20. The lowest BCUT2D eigenvalue weighted by Gasteiger charge is -2.12. The summed E-state index contributed by atoms with van der Waals surface area (Å²) in [6, 6.07) is 6.28. The molecule has 0 bridgehead atoms. The van der Waals surface area contributed by atoms with Gasteiger partial charge in [0.15, 0.2) is 0 Å². The topological polar surface area (TPSA) is 55.1 Å². The fourth-order valence-electron chi connectivity index (χ4n) is 2.72. The highest BCUT2D eigenvalue weighted by molar-refractivity contribution is 5.94. The van der Waals surface area contributed by atoms with Gasteiger partial charge in [0.1, 0.15) is 11.3 Å². The summed E-state index contributed by atoms with van der Waals surface area (Å²) in [5.41, 5.74) is 3.92. The molecule has 1 aromatic heterocycles. The van der Waals surface area contributed by atoms with E-state index in [1.54, 1.807) is 10.9 Å². The Morgan fingerprint density at radius 3 is 2.24 bits per heavy atom. The van der Waals surface area contributed by atoms with Gasteiger partial charge in [-0.25, -0.2) is 4.79 Å². The number of benzene rings is 1. The molecule has 0 fully saturated rings. The predicted molar refractivity (Wildman–Crippen MR) is 83.7 cm³/mol. The van der Waals surface area contributed by atoms with E-state index in [0.717, 1.165) is 29.5 Å². The maximum atomic E-state index is 11.5. The van der Waals surface area contributed by atoms with E-state index in [0.29, 0.717) is 5.69 Å². The quantitative estimate of drug-likeness (QED) is 0.895. The van der Waals surface area contributed by atoms with Crippen LogP contribution in [0, 0.1) is 13.8 Å². The van der Waals surface area contributed by atoms with E-state index in [2.05, 4.69) is 25.0 Å². The molecular weight excluding hydrogens is 264 g/mol. The van der Waals surface area contributed by atoms with Crippen molar-refractivity contribution in [2.24, 2.45) is 0 Å². The molecule has 112 valence electrons. The van der Waals surface area contributed by atoms with Crippen molar-refractivity contribution in [3.8, 4) is 11.3 Å². The van der Waals surface area contributed by atoms with E-state index in [1.807, 2.05) is 26.0 Å². The molecule has 1 N–H and O–H groups in total. The molecule has 0 radical (unpaired) electrons. The largest absolute Gasteiger partial charge is 0.478 e.